The summed E-state index contributed by atoms with van der Waals surface area (Å²) < 4.78 is 37.8. The number of rotatable bonds is 2. The number of halogens is 3. The van der Waals surface area contributed by atoms with Gasteiger partial charge in [-0.3, -0.25) is 10.4 Å². The average molecular weight is 272 g/mol. The molecule has 7 heteroatoms. The van der Waals surface area contributed by atoms with Gasteiger partial charge in [-0.2, -0.15) is 13.2 Å². The SMILES string of the molecule is N=C(N)c1ccncc1N1CCC(C(F)(F)F)CC1. The number of hydrogen-bond acceptors (Lipinski definition) is 3. The number of piperidine rings is 1. The minimum atomic E-state index is -4.12. The first-order valence-corrected chi connectivity index (χ1v) is 5.99. The molecule has 19 heavy (non-hydrogen) atoms. The van der Waals surface area contributed by atoms with Crippen LogP contribution in [0.3, 0.4) is 0 Å². The summed E-state index contributed by atoms with van der Waals surface area (Å²) in [5.41, 5.74) is 6.62. The lowest BCUT2D eigenvalue weighted by Crippen LogP contribution is -2.39. The number of alkyl halides is 3. The second-order valence-electron chi connectivity index (χ2n) is 4.61. The number of nitrogens with zero attached hydrogens (tertiary/aromatic N) is 2. The predicted octanol–water partition coefficient (Wildman–Crippen LogP) is 2.14. The molecule has 0 saturated carbocycles. The Hall–Kier alpha value is -1.79. The van der Waals surface area contributed by atoms with Gasteiger partial charge in [-0.15, -0.1) is 0 Å². The summed E-state index contributed by atoms with van der Waals surface area (Å²) in [6.45, 7) is 0.603. The molecular weight excluding hydrogens is 257 g/mol. The molecule has 2 rings (SSSR count). The summed E-state index contributed by atoms with van der Waals surface area (Å²) in [5.74, 6) is -1.34. The summed E-state index contributed by atoms with van der Waals surface area (Å²) >= 11 is 0. The van der Waals surface area contributed by atoms with E-state index in [-0.39, 0.29) is 18.7 Å². The van der Waals surface area contributed by atoms with Crippen molar-refractivity contribution in [1.82, 2.24) is 4.98 Å². The van der Waals surface area contributed by atoms with Crippen molar-refractivity contribution in [3.8, 4) is 0 Å². The van der Waals surface area contributed by atoms with Crippen LogP contribution < -0.4 is 10.6 Å². The van der Waals surface area contributed by atoms with Crippen LogP contribution >= 0.6 is 0 Å². The molecule has 4 nitrogen and oxygen atoms in total. The molecule has 0 amide bonds. The number of pyridine rings is 1. The zero-order valence-electron chi connectivity index (χ0n) is 10.2. The van der Waals surface area contributed by atoms with E-state index in [0.717, 1.165) is 0 Å². The van der Waals surface area contributed by atoms with Gasteiger partial charge in [0.15, 0.2) is 0 Å². The average Bonchev–Trinajstić information content (AvgIpc) is 2.38. The normalized spacial score (nSPS) is 17.5. The maximum absolute atomic E-state index is 12.6. The molecule has 1 aromatic rings. The highest BCUT2D eigenvalue weighted by Crippen LogP contribution is 2.35. The van der Waals surface area contributed by atoms with Gasteiger partial charge in [0.25, 0.3) is 0 Å². The fraction of sp³-hybridized carbons (Fsp3) is 0.500. The molecule has 0 aromatic carbocycles. The van der Waals surface area contributed by atoms with Crippen LogP contribution in [0.25, 0.3) is 0 Å². The van der Waals surface area contributed by atoms with Gasteiger partial charge in [0, 0.05) is 24.8 Å². The van der Waals surface area contributed by atoms with Gasteiger partial charge in [-0.1, -0.05) is 0 Å². The maximum atomic E-state index is 12.6. The van der Waals surface area contributed by atoms with Gasteiger partial charge in [0.2, 0.25) is 0 Å². The fourth-order valence-corrected chi connectivity index (χ4v) is 2.31. The van der Waals surface area contributed by atoms with Gasteiger partial charge >= 0.3 is 6.18 Å². The van der Waals surface area contributed by atoms with Crippen molar-refractivity contribution < 1.29 is 13.2 Å². The second kappa shape index (κ2) is 5.07. The van der Waals surface area contributed by atoms with Gasteiger partial charge in [-0.25, -0.2) is 0 Å². The van der Waals surface area contributed by atoms with Crippen molar-refractivity contribution in [2.75, 3.05) is 18.0 Å². The van der Waals surface area contributed by atoms with Crippen LogP contribution in [0, 0.1) is 11.3 Å². The van der Waals surface area contributed by atoms with E-state index in [1.54, 1.807) is 12.3 Å². The van der Waals surface area contributed by atoms with Crippen LogP contribution in [0.2, 0.25) is 0 Å². The number of nitrogen functional groups attached to an aromatic ring is 1. The Morgan fingerprint density at radius 1 is 1.37 bits per heavy atom. The molecular formula is C12H15F3N4. The highest BCUT2D eigenvalue weighted by molar-refractivity contribution is 6.00. The van der Waals surface area contributed by atoms with Gasteiger partial charge in [0.1, 0.15) is 5.84 Å². The second-order valence-corrected chi connectivity index (χ2v) is 4.61. The summed E-state index contributed by atoms with van der Waals surface area (Å²) in [7, 11) is 0. The first-order valence-electron chi connectivity index (χ1n) is 5.99. The molecule has 1 aliphatic heterocycles. The van der Waals surface area contributed by atoms with Crippen LogP contribution in [-0.4, -0.2) is 30.1 Å². The van der Waals surface area contributed by atoms with Crippen molar-refractivity contribution in [2.24, 2.45) is 11.7 Å². The van der Waals surface area contributed by atoms with Crippen LogP contribution in [0.1, 0.15) is 18.4 Å². The predicted molar refractivity (Wildman–Crippen MR) is 66.2 cm³/mol. The molecule has 0 radical (unpaired) electrons. The molecule has 1 saturated heterocycles. The Balaban J connectivity index is 2.12. The molecule has 0 unspecified atom stereocenters. The number of amidine groups is 1. The van der Waals surface area contributed by atoms with E-state index in [4.69, 9.17) is 11.1 Å². The van der Waals surface area contributed by atoms with Crippen LogP contribution in [0.5, 0.6) is 0 Å². The number of nitrogens with one attached hydrogen (secondary N) is 1. The third kappa shape index (κ3) is 2.97. The van der Waals surface area contributed by atoms with E-state index in [2.05, 4.69) is 4.98 Å². The molecule has 1 aromatic heterocycles. The molecule has 0 bridgehead atoms. The third-order valence-corrected chi connectivity index (χ3v) is 3.39. The van der Waals surface area contributed by atoms with E-state index >= 15 is 0 Å². The van der Waals surface area contributed by atoms with Gasteiger partial charge in [0.05, 0.1) is 17.8 Å². The topological polar surface area (TPSA) is 66.0 Å². The number of anilines is 1. The Labute approximate surface area is 108 Å². The highest BCUT2D eigenvalue weighted by atomic mass is 19.4. The molecule has 0 aliphatic carbocycles. The Morgan fingerprint density at radius 3 is 2.53 bits per heavy atom. The zero-order chi connectivity index (χ0) is 14.0. The van der Waals surface area contributed by atoms with Gasteiger partial charge in [-0.05, 0) is 18.9 Å². The van der Waals surface area contributed by atoms with Crippen molar-refractivity contribution in [3.05, 3.63) is 24.0 Å². The molecule has 104 valence electrons. The Morgan fingerprint density at radius 2 is 2.00 bits per heavy atom. The molecule has 0 atom stereocenters. The van der Waals surface area contributed by atoms with E-state index in [9.17, 15) is 13.2 Å². The molecule has 3 N–H and O–H groups in total. The number of nitrogens with two attached hydrogens (primary N) is 1. The third-order valence-electron chi connectivity index (χ3n) is 3.39. The van der Waals surface area contributed by atoms with E-state index in [1.165, 1.54) is 6.20 Å². The van der Waals surface area contributed by atoms with Crippen molar-refractivity contribution in [3.63, 3.8) is 0 Å². The lowest BCUT2D eigenvalue weighted by atomic mass is 9.95. The zero-order valence-corrected chi connectivity index (χ0v) is 10.2. The Bertz CT molecular complexity index is 464. The van der Waals surface area contributed by atoms with Crippen LogP contribution in [0.15, 0.2) is 18.5 Å². The minimum absolute atomic E-state index is 0.0652. The van der Waals surface area contributed by atoms with E-state index in [1.807, 2.05) is 4.90 Å². The maximum Gasteiger partial charge on any atom is 0.391 e. The summed E-state index contributed by atoms with van der Waals surface area (Å²) in [6.07, 6.45) is -0.927. The lowest BCUT2D eigenvalue weighted by molar-refractivity contribution is -0.179. The summed E-state index contributed by atoms with van der Waals surface area (Å²) in [4.78, 5) is 5.77. The molecule has 1 aliphatic rings. The fourth-order valence-electron chi connectivity index (χ4n) is 2.31. The minimum Gasteiger partial charge on any atom is -0.384 e. The smallest absolute Gasteiger partial charge is 0.384 e. The van der Waals surface area contributed by atoms with Crippen LogP contribution in [-0.2, 0) is 0 Å². The molecule has 0 spiro atoms. The monoisotopic (exact) mass is 272 g/mol. The quantitative estimate of drug-likeness (QED) is 0.640. The standard InChI is InChI=1S/C12H15F3N4/c13-12(14,15)8-2-5-19(6-3-8)10-7-18-4-1-9(10)11(16)17/h1,4,7-8H,2-3,5-6H2,(H3,16,17). The number of aromatic nitrogens is 1. The molecule has 2 heterocycles. The first-order chi connectivity index (χ1) is 8.89. The highest BCUT2D eigenvalue weighted by Gasteiger charge is 2.41. The molecule has 1 fully saturated rings. The number of hydrogen-bond donors (Lipinski definition) is 2. The van der Waals surface area contributed by atoms with E-state index in [0.29, 0.717) is 24.3 Å². The van der Waals surface area contributed by atoms with Crippen molar-refractivity contribution >= 4 is 11.5 Å². The summed E-state index contributed by atoms with van der Waals surface area (Å²) in [6, 6.07) is 1.60. The van der Waals surface area contributed by atoms with Crippen molar-refractivity contribution in [1.29, 1.82) is 5.41 Å². The van der Waals surface area contributed by atoms with E-state index < -0.39 is 12.1 Å². The van der Waals surface area contributed by atoms with Gasteiger partial charge < -0.3 is 10.6 Å². The Kier molecular flexibility index (Phi) is 3.64. The van der Waals surface area contributed by atoms with Crippen LogP contribution in [0.4, 0.5) is 18.9 Å². The summed E-state index contributed by atoms with van der Waals surface area (Å²) in [5, 5.41) is 7.48. The lowest BCUT2D eigenvalue weighted by Gasteiger charge is -2.35. The van der Waals surface area contributed by atoms with Crippen molar-refractivity contribution in [2.45, 2.75) is 19.0 Å². The largest absolute Gasteiger partial charge is 0.391 e. The first kappa shape index (κ1) is 13.6.